The van der Waals surface area contributed by atoms with Crippen molar-refractivity contribution in [2.24, 2.45) is 34.5 Å². The lowest BCUT2D eigenvalue weighted by atomic mass is 9.44. The molecule has 0 aromatic heterocycles. The molecule has 6 rings (SSSR count). The third kappa shape index (κ3) is 1.98. The molecular weight excluding hydrogens is 340 g/mol. The van der Waals surface area contributed by atoms with Crippen LogP contribution in [-0.2, 0) is 19.0 Å². The molecule has 27 heavy (non-hydrogen) atoms. The van der Waals surface area contributed by atoms with Gasteiger partial charge in [-0.3, -0.25) is 4.79 Å². The highest BCUT2D eigenvalue weighted by atomic mass is 16.7. The molecule has 0 aromatic rings. The fraction of sp³-hybridized carbons (Fsp3) is 0.957. The molecule has 0 N–H and O–H groups in total. The van der Waals surface area contributed by atoms with Crippen molar-refractivity contribution in [3.63, 3.8) is 0 Å². The molecule has 4 heteroatoms. The van der Waals surface area contributed by atoms with Crippen molar-refractivity contribution >= 4 is 5.78 Å². The first kappa shape index (κ1) is 17.4. The number of ketones is 1. The zero-order valence-electron chi connectivity index (χ0n) is 17.1. The van der Waals surface area contributed by atoms with Gasteiger partial charge in [0.2, 0.25) is 0 Å². The minimum atomic E-state index is -0.364. The van der Waals surface area contributed by atoms with Crippen molar-refractivity contribution in [3.05, 3.63) is 0 Å². The Morgan fingerprint density at radius 3 is 2.48 bits per heavy atom. The molecule has 8 atom stereocenters. The molecule has 0 bridgehead atoms. The van der Waals surface area contributed by atoms with Gasteiger partial charge in [0, 0.05) is 24.2 Å². The van der Waals surface area contributed by atoms with Crippen LogP contribution in [0.2, 0.25) is 0 Å². The van der Waals surface area contributed by atoms with E-state index in [4.69, 9.17) is 14.2 Å². The first-order valence-electron chi connectivity index (χ1n) is 11.3. The summed E-state index contributed by atoms with van der Waals surface area (Å²) in [5.41, 5.74) is 0.464. The Morgan fingerprint density at radius 2 is 1.74 bits per heavy atom. The molecule has 4 unspecified atom stereocenters. The highest BCUT2D eigenvalue weighted by Gasteiger charge is 2.78. The molecule has 150 valence electrons. The fourth-order valence-electron chi connectivity index (χ4n) is 9.03. The summed E-state index contributed by atoms with van der Waals surface area (Å²) in [5.74, 6) is 2.53. The Kier molecular flexibility index (Phi) is 3.34. The van der Waals surface area contributed by atoms with Crippen LogP contribution in [0, 0.1) is 34.5 Å². The summed E-state index contributed by atoms with van der Waals surface area (Å²) in [4.78, 5) is 12.3. The van der Waals surface area contributed by atoms with Crippen LogP contribution >= 0.6 is 0 Å². The summed E-state index contributed by atoms with van der Waals surface area (Å²) in [6.07, 6.45) is 9.52. The first-order chi connectivity index (χ1) is 12.8. The number of ether oxygens (including phenoxy) is 3. The highest BCUT2D eigenvalue weighted by molar-refractivity contribution is 5.79. The molecule has 0 aromatic carbocycles. The monoisotopic (exact) mass is 374 g/mol. The summed E-state index contributed by atoms with van der Waals surface area (Å²) in [6.45, 7) is 8.24. The zero-order chi connectivity index (χ0) is 18.7. The van der Waals surface area contributed by atoms with Crippen molar-refractivity contribution < 1.29 is 19.0 Å². The zero-order valence-corrected chi connectivity index (χ0v) is 17.1. The highest BCUT2D eigenvalue weighted by Crippen LogP contribution is 2.75. The third-order valence-corrected chi connectivity index (χ3v) is 10.4. The number of carbonyl (C=O) groups is 1. The van der Waals surface area contributed by atoms with Gasteiger partial charge in [0.15, 0.2) is 5.79 Å². The van der Waals surface area contributed by atoms with Gasteiger partial charge >= 0.3 is 0 Å². The molecule has 0 amide bonds. The van der Waals surface area contributed by atoms with Gasteiger partial charge in [0.1, 0.15) is 11.4 Å². The SMILES string of the molecule is CC(=O)C1CCC2C3C[C@H]4O[C@]45CC4(CC[C@]5(C)C3CC[C@]12C)OCCO4. The summed E-state index contributed by atoms with van der Waals surface area (Å²) in [6, 6.07) is 0. The maximum absolute atomic E-state index is 12.3. The summed E-state index contributed by atoms with van der Waals surface area (Å²) >= 11 is 0. The van der Waals surface area contributed by atoms with Gasteiger partial charge < -0.3 is 14.2 Å². The van der Waals surface area contributed by atoms with Gasteiger partial charge in [0.05, 0.1) is 19.3 Å². The van der Waals surface area contributed by atoms with E-state index in [0.717, 1.165) is 50.7 Å². The Hall–Kier alpha value is -0.450. The third-order valence-electron chi connectivity index (χ3n) is 10.4. The molecule has 2 saturated heterocycles. The molecule has 0 radical (unpaired) electrons. The van der Waals surface area contributed by atoms with E-state index in [0.29, 0.717) is 17.8 Å². The number of fused-ring (bicyclic) bond motifs is 4. The molecule has 2 spiro atoms. The van der Waals surface area contributed by atoms with E-state index in [9.17, 15) is 4.79 Å². The average Bonchev–Trinajstić information content (AvgIpc) is 2.98. The smallest absolute Gasteiger partial charge is 0.171 e. The van der Waals surface area contributed by atoms with Crippen LogP contribution in [-0.4, -0.2) is 36.5 Å². The second-order valence-electron chi connectivity index (χ2n) is 11.1. The molecule has 2 heterocycles. The predicted octanol–water partition coefficient (Wildman–Crippen LogP) is 4.11. The predicted molar refractivity (Wildman–Crippen MR) is 100 cm³/mol. The normalized spacial score (nSPS) is 57.5. The number of epoxide rings is 1. The number of rotatable bonds is 1. The van der Waals surface area contributed by atoms with Crippen LogP contribution in [0.25, 0.3) is 0 Å². The molecule has 4 saturated carbocycles. The van der Waals surface area contributed by atoms with Gasteiger partial charge in [-0.2, -0.15) is 0 Å². The lowest BCUT2D eigenvalue weighted by Crippen LogP contribution is -2.61. The molecule has 6 fully saturated rings. The Bertz CT molecular complexity index is 684. The first-order valence-corrected chi connectivity index (χ1v) is 11.3. The number of hydrogen-bond donors (Lipinski definition) is 0. The Morgan fingerprint density at radius 1 is 0.963 bits per heavy atom. The molecular formula is C23H34O4. The minimum absolute atomic E-state index is 0.0108. The van der Waals surface area contributed by atoms with Crippen molar-refractivity contribution in [1.82, 2.24) is 0 Å². The topological polar surface area (TPSA) is 48.1 Å². The van der Waals surface area contributed by atoms with Gasteiger partial charge in [-0.25, -0.2) is 0 Å². The number of hydrogen-bond acceptors (Lipinski definition) is 4. The summed E-state index contributed by atoms with van der Waals surface area (Å²) < 4.78 is 18.8. The maximum Gasteiger partial charge on any atom is 0.171 e. The van der Waals surface area contributed by atoms with Gasteiger partial charge in [0.25, 0.3) is 0 Å². The van der Waals surface area contributed by atoms with Gasteiger partial charge in [-0.05, 0) is 68.6 Å². The van der Waals surface area contributed by atoms with Gasteiger partial charge in [-0.1, -0.05) is 13.8 Å². The van der Waals surface area contributed by atoms with E-state index in [-0.39, 0.29) is 28.1 Å². The summed E-state index contributed by atoms with van der Waals surface area (Å²) in [7, 11) is 0. The minimum Gasteiger partial charge on any atom is -0.365 e. The van der Waals surface area contributed by atoms with Gasteiger partial charge in [-0.15, -0.1) is 0 Å². The van der Waals surface area contributed by atoms with Crippen molar-refractivity contribution in [3.8, 4) is 0 Å². The molecule has 4 nitrogen and oxygen atoms in total. The molecule has 2 aliphatic heterocycles. The standard InChI is InChI=1S/C23H34O4/c1-14(24)16-4-5-17-15-12-19-23(27-19)13-22(25-10-11-26-22)9-8-21(23,3)18(15)6-7-20(16,17)2/h15-19H,4-13H2,1-3H3/t15?,16?,17?,18?,19-,20-,21-,23-/m1/s1. The van der Waals surface area contributed by atoms with Crippen LogP contribution in [0.4, 0.5) is 0 Å². The van der Waals surface area contributed by atoms with Crippen LogP contribution < -0.4 is 0 Å². The Labute approximate surface area is 162 Å². The van der Waals surface area contributed by atoms with Crippen molar-refractivity contribution in [2.75, 3.05) is 13.2 Å². The van der Waals surface area contributed by atoms with Crippen molar-refractivity contribution in [2.45, 2.75) is 89.6 Å². The van der Waals surface area contributed by atoms with E-state index in [2.05, 4.69) is 13.8 Å². The lowest BCUT2D eigenvalue weighted by molar-refractivity contribution is -0.226. The van der Waals surface area contributed by atoms with E-state index < -0.39 is 0 Å². The fourth-order valence-corrected chi connectivity index (χ4v) is 9.03. The molecule has 6 aliphatic rings. The number of carbonyl (C=O) groups excluding carboxylic acids is 1. The lowest BCUT2D eigenvalue weighted by Gasteiger charge is -2.60. The Balaban J connectivity index is 1.33. The van der Waals surface area contributed by atoms with E-state index in [1.165, 1.54) is 25.7 Å². The van der Waals surface area contributed by atoms with E-state index >= 15 is 0 Å². The van der Waals surface area contributed by atoms with Crippen LogP contribution in [0.15, 0.2) is 0 Å². The van der Waals surface area contributed by atoms with E-state index in [1.54, 1.807) is 0 Å². The van der Waals surface area contributed by atoms with Crippen LogP contribution in [0.1, 0.15) is 72.1 Å². The largest absolute Gasteiger partial charge is 0.365 e. The average molecular weight is 375 g/mol. The summed E-state index contributed by atoms with van der Waals surface area (Å²) in [5, 5.41) is 0. The molecule has 4 aliphatic carbocycles. The van der Waals surface area contributed by atoms with E-state index in [1.807, 2.05) is 6.92 Å². The number of Topliss-reactive ketones (excluding diaryl/α,β-unsaturated/α-hetero) is 1. The second-order valence-corrected chi connectivity index (χ2v) is 11.1. The maximum atomic E-state index is 12.3. The second kappa shape index (κ2) is 5.17. The van der Waals surface area contributed by atoms with Crippen molar-refractivity contribution in [1.29, 1.82) is 0 Å². The van der Waals surface area contributed by atoms with Crippen LogP contribution in [0.5, 0.6) is 0 Å². The van der Waals surface area contributed by atoms with Crippen LogP contribution in [0.3, 0.4) is 0 Å². The quantitative estimate of drug-likeness (QED) is 0.648.